The molecule has 0 bridgehead atoms. The molecule has 0 radical (unpaired) electrons. The van der Waals surface area contributed by atoms with Gasteiger partial charge in [-0.15, -0.1) is 11.3 Å². The molecule has 0 spiro atoms. The molecule has 2 aromatic rings. The lowest BCUT2D eigenvalue weighted by Gasteiger charge is -2.37. The van der Waals surface area contributed by atoms with Gasteiger partial charge in [0.25, 0.3) is 5.91 Å². The monoisotopic (exact) mass is 373 g/mol. The summed E-state index contributed by atoms with van der Waals surface area (Å²) in [7, 11) is 1.73. The fourth-order valence-electron chi connectivity index (χ4n) is 3.49. The van der Waals surface area contributed by atoms with E-state index in [1.165, 1.54) is 16.9 Å². The van der Waals surface area contributed by atoms with Crippen molar-refractivity contribution in [1.82, 2.24) is 15.6 Å². The highest BCUT2D eigenvalue weighted by molar-refractivity contribution is 7.13. The first kappa shape index (κ1) is 19.0. The van der Waals surface area contributed by atoms with Gasteiger partial charge in [0.15, 0.2) is 0 Å². The van der Waals surface area contributed by atoms with Gasteiger partial charge < -0.3 is 15.4 Å². The second-order valence-electron chi connectivity index (χ2n) is 7.05. The van der Waals surface area contributed by atoms with Crippen molar-refractivity contribution < 1.29 is 9.53 Å². The fourth-order valence-corrected chi connectivity index (χ4v) is 4.51. The Morgan fingerprint density at radius 2 is 2.04 bits per heavy atom. The zero-order valence-corrected chi connectivity index (χ0v) is 16.3. The van der Waals surface area contributed by atoms with E-state index in [0.29, 0.717) is 13.2 Å². The third-order valence-corrected chi connectivity index (χ3v) is 6.14. The Bertz CT molecular complexity index is 718. The third kappa shape index (κ3) is 4.69. The molecule has 2 N–H and O–H groups in total. The molecular weight excluding hydrogens is 346 g/mol. The predicted molar refractivity (Wildman–Crippen MR) is 105 cm³/mol. The van der Waals surface area contributed by atoms with Gasteiger partial charge in [-0.05, 0) is 38.4 Å². The molecule has 1 aromatic carbocycles. The van der Waals surface area contributed by atoms with Crippen LogP contribution < -0.4 is 10.6 Å². The molecule has 3 rings (SSSR count). The molecule has 0 unspecified atom stereocenters. The topological polar surface area (TPSA) is 63.2 Å². The zero-order valence-electron chi connectivity index (χ0n) is 15.5. The Labute approximate surface area is 159 Å². The van der Waals surface area contributed by atoms with Crippen LogP contribution in [-0.2, 0) is 11.2 Å². The molecule has 1 aliphatic heterocycles. The maximum absolute atomic E-state index is 12.7. The SMILES string of the molecule is COCC1(CNC(=O)c2sc(Cc3ccccc3)nc2C)CCNCC1. The minimum atomic E-state index is -0.0201. The van der Waals surface area contributed by atoms with Gasteiger partial charge in [-0.3, -0.25) is 4.79 Å². The van der Waals surface area contributed by atoms with Crippen molar-refractivity contribution in [3.63, 3.8) is 0 Å². The van der Waals surface area contributed by atoms with E-state index in [1.807, 2.05) is 25.1 Å². The van der Waals surface area contributed by atoms with Crippen molar-refractivity contribution in [2.24, 2.45) is 5.41 Å². The Morgan fingerprint density at radius 3 is 2.73 bits per heavy atom. The van der Waals surface area contributed by atoms with E-state index in [1.54, 1.807) is 7.11 Å². The van der Waals surface area contributed by atoms with Gasteiger partial charge >= 0.3 is 0 Å². The largest absolute Gasteiger partial charge is 0.384 e. The molecule has 6 heteroatoms. The first-order valence-electron chi connectivity index (χ1n) is 9.10. The number of methoxy groups -OCH3 is 1. The lowest BCUT2D eigenvalue weighted by molar-refractivity contribution is 0.0512. The first-order chi connectivity index (χ1) is 12.6. The van der Waals surface area contributed by atoms with Crippen LogP contribution in [0.3, 0.4) is 0 Å². The van der Waals surface area contributed by atoms with Crippen molar-refractivity contribution in [3.05, 3.63) is 51.5 Å². The molecule has 140 valence electrons. The van der Waals surface area contributed by atoms with Gasteiger partial charge in [-0.1, -0.05) is 30.3 Å². The second-order valence-corrected chi connectivity index (χ2v) is 8.13. The van der Waals surface area contributed by atoms with Crippen molar-refractivity contribution >= 4 is 17.2 Å². The highest BCUT2D eigenvalue weighted by atomic mass is 32.1. The van der Waals surface area contributed by atoms with Crippen molar-refractivity contribution in [1.29, 1.82) is 0 Å². The quantitative estimate of drug-likeness (QED) is 0.783. The van der Waals surface area contributed by atoms with Gasteiger partial charge in [0, 0.05) is 25.5 Å². The van der Waals surface area contributed by atoms with Crippen LogP contribution in [0.4, 0.5) is 0 Å². The Morgan fingerprint density at radius 1 is 1.31 bits per heavy atom. The Kier molecular flexibility index (Phi) is 6.40. The van der Waals surface area contributed by atoms with E-state index in [2.05, 4.69) is 27.8 Å². The molecule has 1 aliphatic rings. The number of carbonyl (C=O) groups is 1. The lowest BCUT2D eigenvalue weighted by atomic mass is 9.79. The maximum atomic E-state index is 12.7. The molecule has 0 saturated carbocycles. The molecule has 1 saturated heterocycles. The van der Waals surface area contributed by atoms with Gasteiger partial charge in [0.2, 0.25) is 0 Å². The molecule has 1 amide bonds. The van der Waals surface area contributed by atoms with Crippen LogP contribution in [0.25, 0.3) is 0 Å². The Balaban J connectivity index is 1.64. The molecule has 1 fully saturated rings. The van der Waals surface area contributed by atoms with E-state index in [-0.39, 0.29) is 11.3 Å². The number of hydrogen-bond donors (Lipinski definition) is 2. The van der Waals surface area contributed by atoms with Crippen LogP contribution in [0.15, 0.2) is 30.3 Å². The number of thiazole rings is 1. The number of ether oxygens (including phenoxy) is 1. The van der Waals surface area contributed by atoms with E-state index < -0.39 is 0 Å². The van der Waals surface area contributed by atoms with Crippen LogP contribution in [0.1, 0.15) is 38.8 Å². The van der Waals surface area contributed by atoms with Crippen molar-refractivity contribution in [2.45, 2.75) is 26.2 Å². The summed E-state index contributed by atoms with van der Waals surface area (Å²) in [4.78, 5) is 18.0. The summed E-state index contributed by atoms with van der Waals surface area (Å²) in [6.07, 6.45) is 2.79. The average molecular weight is 374 g/mol. The van der Waals surface area contributed by atoms with Crippen LogP contribution in [0.2, 0.25) is 0 Å². The van der Waals surface area contributed by atoms with E-state index in [4.69, 9.17) is 4.74 Å². The number of hydrogen-bond acceptors (Lipinski definition) is 5. The number of aryl methyl sites for hydroxylation is 1. The summed E-state index contributed by atoms with van der Waals surface area (Å²) in [6.45, 7) is 5.18. The summed E-state index contributed by atoms with van der Waals surface area (Å²) >= 11 is 1.49. The molecule has 1 aromatic heterocycles. The first-order valence-corrected chi connectivity index (χ1v) is 9.92. The number of piperidine rings is 1. The van der Waals surface area contributed by atoms with E-state index >= 15 is 0 Å². The second kappa shape index (κ2) is 8.75. The van der Waals surface area contributed by atoms with Gasteiger partial charge in [-0.25, -0.2) is 4.98 Å². The number of nitrogens with one attached hydrogen (secondary N) is 2. The third-order valence-electron chi connectivity index (χ3n) is 4.98. The standard InChI is InChI=1S/C20H27N3O2S/c1-15-18(26-17(23-15)12-16-6-4-3-5-7-16)19(24)22-13-20(14-25-2)8-10-21-11-9-20/h3-7,21H,8-14H2,1-2H3,(H,22,24). The van der Waals surface area contributed by atoms with E-state index in [0.717, 1.165) is 47.9 Å². The van der Waals surface area contributed by atoms with Crippen molar-refractivity contribution in [2.75, 3.05) is 33.4 Å². The number of aromatic nitrogens is 1. The lowest BCUT2D eigenvalue weighted by Crippen LogP contribution is -2.47. The highest BCUT2D eigenvalue weighted by Crippen LogP contribution is 2.29. The average Bonchev–Trinajstić information content (AvgIpc) is 3.02. The van der Waals surface area contributed by atoms with Crippen LogP contribution in [-0.4, -0.2) is 44.2 Å². The molecule has 0 aliphatic carbocycles. The summed E-state index contributed by atoms with van der Waals surface area (Å²) in [5.74, 6) is -0.0201. The number of amides is 1. The Hall–Kier alpha value is -1.76. The smallest absolute Gasteiger partial charge is 0.263 e. The number of nitrogens with zero attached hydrogens (tertiary/aromatic N) is 1. The summed E-state index contributed by atoms with van der Waals surface area (Å²) in [5.41, 5.74) is 2.05. The van der Waals surface area contributed by atoms with Gasteiger partial charge in [-0.2, -0.15) is 0 Å². The van der Waals surface area contributed by atoms with Crippen LogP contribution in [0.5, 0.6) is 0 Å². The van der Waals surface area contributed by atoms with E-state index in [9.17, 15) is 4.79 Å². The van der Waals surface area contributed by atoms with Crippen LogP contribution in [0, 0.1) is 12.3 Å². The number of rotatable bonds is 7. The summed E-state index contributed by atoms with van der Waals surface area (Å²) in [5, 5.41) is 7.49. The minimum Gasteiger partial charge on any atom is -0.384 e. The number of benzene rings is 1. The highest BCUT2D eigenvalue weighted by Gasteiger charge is 2.33. The van der Waals surface area contributed by atoms with Gasteiger partial charge in [0.1, 0.15) is 4.88 Å². The summed E-state index contributed by atoms with van der Waals surface area (Å²) < 4.78 is 5.43. The fraction of sp³-hybridized carbons (Fsp3) is 0.500. The molecule has 26 heavy (non-hydrogen) atoms. The predicted octanol–water partition coefficient (Wildman–Crippen LogP) is 2.79. The molecule has 5 nitrogen and oxygen atoms in total. The van der Waals surface area contributed by atoms with Gasteiger partial charge in [0.05, 0.1) is 17.3 Å². The minimum absolute atomic E-state index is 0.0201. The van der Waals surface area contributed by atoms with Crippen molar-refractivity contribution in [3.8, 4) is 0 Å². The maximum Gasteiger partial charge on any atom is 0.263 e. The van der Waals surface area contributed by atoms with Crippen LogP contribution >= 0.6 is 11.3 Å². The zero-order chi connectivity index (χ0) is 18.4. The molecule has 2 heterocycles. The summed E-state index contributed by atoms with van der Waals surface area (Å²) in [6, 6.07) is 10.2. The molecular formula is C20H27N3O2S. The number of carbonyl (C=O) groups excluding carboxylic acids is 1. The normalized spacial score (nSPS) is 16.4. The molecule has 0 atom stereocenters.